The molecule has 6 rings (SSSR count). The van der Waals surface area contributed by atoms with Crippen molar-refractivity contribution in [2.75, 3.05) is 12.4 Å². The van der Waals surface area contributed by atoms with Crippen LogP contribution in [0.4, 0.5) is 10.6 Å². The fraction of sp³-hybridized carbons (Fsp3) is 0.269. The van der Waals surface area contributed by atoms with Gasteiger partial charge in [-0.15, -0.1) is 0 Å². The number of hydrogen-bond acceptors (Lipinski definition) is 6. The first-order chi connectivity index (χ1) is 17.1. The molecule has 35 heavy (non-hydrogen) atoms. The van der Waals surface area contributed by atoms with Crippen molar-refractivity contribution in [3.8, 4) is 23.0 Å². The molecule has 3 N–H and O–H groups in total. The molecule has 2 aromatic carbocycles. The highest BCUT2D eigenvalue weighted by molar-refractivity contribution is 5.93. The van der Waals surface area contributed by atoms with Crippen LogP contribution in [-0.4, -0.2) is 36.2 Å². The Morgan fingerprint density at radius 1 is 1.14 bits per heavy atom. The van der Waals surface area contributed by atoms with Crippen LogP contribution in [0.15, 0.2) is 54.7 Å². The first-order valence-electron chi connectivity index (χ1n) is 11.5. The van der Waals surface area contributed by atoms with Gasteiger partial charge in [0.2, 0.25) is 5.91 Å². The summed E-state index contributed by atoms with van der Waals surface area (Å²) in [5.41, 5.74) is 2.89. The monoisotopic (exact) mass is 472 g/mol. The lowest BCUT2D eigenvalue weighted by molar-refractivity contribution is -0.116. The van der Waals surface area contributed by atoms with Gasteiger partial charge in [-0.1, -0.05) is 12.1 Å². The third-order valence-electron chi connectivity index (χ3n) is 6.57. The molecule has 0 unspecified atom stereocenters. The van der Waals surface area contributed by atoms with Gasteiger partial charge in [-0.2, -0.15) is 0 Å². The van der Waals surface area contributed by atoms with Gasteiger partial charge < -0.3 is 30.2 Å². The number of urea groups is 1. The van der Waals surface area contributed by atoms with Crippen molar-refractivity contribution in [3.05, 3.63) is 71.4 Å². The van der Waals surface area contributed by atoms with E-state index >= 15 is 0 Å². The van der Waals surface area contributed by atoms with Gasteiger partial charge in [0.25, 0.3) is 0 Å². The molecule has 1 aliphatic carbocycles. The van der Waals surface area contributed by atoms with Crippen LogP contribution in [-0.2, 0) is 17.8 Å². The highest BCUT2D eigenvalue weighted by atomic mass is 16.5. The second-order valence-corrected chi connectivity index (χ2v) is 8.80. The number of carbonyl (C=O) groups excluding carboxylic acids is 2. The van der Waals surface area contributed by atoms with E-state index in [1.807, 2.05) is 42.5 Å². The van der Waals surface area contributed by atoms with Crippen molar-refractivity contribution in [1.82, 2.24) is 15.6 Å². The van der Waals surface area contributed by atoms with Crippen LogP contribution in [0, 0.1) is 0 Å². The number of pyridine rings is 1. The lowest BCUT2D eigenvalue weighted by Crippen LogP contribution is -2.38. The molecule has 0 saturated heterocycles. The molecule has 9 nitrogen and oxygen atoms in total. The zero-order valence-corrected chi connectivity index (χ0v) is 19.0. The van der Waals surface area contributed by atoms with E-state index in [1.165, 1.54) is 0 Å². The summed E-state index contributed by atoms with van der Waals surface area (Å²) >= 11 is 0. The van der Waals surface area contributed by atoms with Gasteiger partial charge in [0.15, 0.2) is 0 Å². The molecular weight excluding hydrogens is 448 g/mol. The number of nitrogens with zero attached hydrogens (tertiary/aromatic N) is 1. The summed E-state index contributed by atoms with van der Waals surface area (Å²) < 4.78 is 17.3. The number of carbonyl (C=O) groups is 2. The molecular formula is C26H24N4O5. The van der Waals surface area contributed by atoms with Crippen LogP contribution < -0.4 is 30.2 Å². The first kappa shape index (κ1) is 21.3. The Balaban J connectivity index is 1.09. The number of nitrogens with one attached hydrogen (secondary N) is 3. The van der Waals surface area contributed by atoms with Crippen LogP contribution in [0.2, 0.25) is 0 Å². The third-order valence-corrected chi connectivity index (χ3v) is 6.57. The summed E-state index contributed by atoms with van der Waals surface area (Å²) in [4.78, 5) is 28.3. The Bertz CT molecular complexity index is 1310. The van der Waals surface area contributed by atoms with Crippen molar-refractivity contribution in [1.29, 1.82) is 0 Å². The largest absolute Gasteiger partial charge is 0.497 e. The Hall–Kier alpha value is -4.27. The summed E-state index contributed by atoms with van der Waals surface area (Å²) in [6.07, 6.45) is 2.54. The van der Waals surface area contributed by atoms with Crippen LogP contribution in [0.5, 0.6) is 23.0 Å². The Morgan fingerprint density at radius 3 is 2.80 bits per heavy atom. The number of ether oxygens (including phenoxy) is 3. The predicted molar refractivity (Wildman–Crippen MR) is 127 cm³/mol. The highest BCUT2D eigenvalue weighted by Crippen LogP contribution is 2.54. The van der Waals surface area contributed by atoms with Crippen molar-refractivity contribution in [2.24, 2.45) is 0 Å². The van der Waals surface area contributed by atoms with E-state index in [-0.39, 0.29) is 30.0 Å². The van der Waals surface area contributed by atoms with Gasteiger partial charge in [-0.25, -0.2) is 9.78 Å². The van der Waals surface area contributed by atoms with E-state index in [0.717, 1.165) is 28.2 Å². The van der Waals surface area contributed by atoms with E-state index in [4.69, 9.17) is 14.2 Å². The molecule has 2 aliphatic heterocycles. The summed E-state index contributed by atoms with van der Waals surface area (Å²) in [7, 11) is 1.62. The van der Waals surface area contributed by atoms with E-state index in [2.05, 4.69) is 20.9 Å². The number of methoxy groups -OCH3 is 1. The number of aromatic nitrogens is 1. The van der Waals surface area contributed by atoms with Gasteiger partial charge in [-0.3, -0.25) is 4.79 Å². The molecule has 1 aromatic heterocycles. The van der Waals surface area contributed by atoms with E-state index in [9.17, 15) is 9.59 Å². The van der Waals surface area contributed by atoms with Crippen molar-refractivity contribution in [2.45, 2.75) is 37.5 Å². The fourth-order valence-electron chi connectivity index (χ4n) is 4.68. The first-order valence-corrected chi connectivity index (χ1v) is 11.5. The quantitative estimate of drug-likeness (QED) is 0.507. The molecule has 9 heteroatoms. The maximum absolute atomic E-state index is 12.4. The molecule has 1 saturated carbocycles. The maximum atomic E-state index is 12.4. The van der Waals surface area contributed by atoms with E-state index in [1.54, 1.807) is 19.4 Å². The fourth-order valence-corrected chi connectivity index (χ4v) is 4.68. The lowest BCUT2D eigenvalue weighted by Gasteiger charge is -2.19. The summed E-state index contributed by atoms with van der Waals surface area (Å²) in [6, 6.07) is 14.8. The number of fused-ring (bicyclic) bond motifs is 4. The summed E-state index contributed by atoms with van der Waals surface area (Å²) in [6.45, 7) is 0.421. The maximum Gasteiger partial charge on any atom is 0.315 e. The minimum Gasteiger partial charge on any atom is -0.497 e. The van der Waals surface area contributed by atoms with Crippen molar-refractivity contribution < 1.29 is 23.8 Å². The van der Waals surface area contributed by atoms with Gasteiger partial charge in [-0.05, 0) is 48.4 Å². The van der Waals surface area contributed by atoms with Crippen LogP contribution in [0.1, 0.15) is 29.0 Å². The number of anilines is 1. The minimum atomic E-state index is -0.233. The summed E-state index contributed by atoms with van der Waals surface area (Å²) in [5.74, 6) is 3.54. The zero-order chi connectivity index (χ0) is 23.9. The number of amides is 3. The Labute approximate surface area is 201 Å². The number of rotatable bonds is 6. The van der Waals surface area contributed by atoms with Crippen LogP contribution in [0.3, 0.4) is 0 Å². The van der Waals surface area contributed by atoms with Crippen LogP contribution >= 0.6 is 0 Å². The highest BCUT2D eigenvalue weighted by Gasteiger charge is 2.59. The molecule has 178 valence electrons. The van der Waals surface area contributed by atoms with Crippen molar-refractivity contribution >= 4 is 17.8 Å². The molecule has 3 atom stereocenters. The van der Waals surface area contributed by atoms with E-state index in [0.29, 0.717) is 36.7 Å². The predicted octanol–water partition coefficient (Wildman–Crippen LogP) is 3.49. The second-order valence-electron chi connectivity index (χ2n) is 8.80. The molecule has 3 aliphatic rings. The van der Waals surface area contributed by atoms with Gasteiger partial charge in [0, 0.05) is 30.3 Å². The molecule has 3 aromatic rings. The van der Waals surface area contributed by atoms with Gasteiger partial charge in [0.05, 0.1) is 19.1 Å². The average molecular weight is 473 g/mol. The Kier molecular flexibility index (Phi) is 5.17. The smallest absolute Gasteiger partial charge is 0.315 e. The van der Waals surface area contributed by atoms with Gasteiger partial charge in [0.1, 0.15) is 34.9 Å². The normalized spacial score (nSPS) is 20.9. The molecule has 0 bridgehead atoms. The number of benzene rings is 2. The topological polar surface area (TPSA) is 111 Å². The third kappa shape index (κ3) is 4.09. The Morgan fingerprint density at radius 2 is 1.97 bits per heavy atom. The molecule has 0 radical (unpaired) electrons. The van der Waals surface area contributed by atoms with Gasteiger partial charge >= 0.3 is 6.03 Å². The molecule has 3 heterocycles. The number of hydrogen-bond donors (Lipinski definition) is 3. The second kappa shape index (κ2) is 8.50. The molecule has 0 spiro atoms. The minimum absolute atomic E-state index is 0.0387. The van der Waals surface area contributed by atoms with E-state index < -0.39 is 0 Å². The molecule has 1 fully saturated rings. The molecule has 3 amide bonds. The zero-order valence-electron chi connectivity index (χ0n) is 19.0. The summed E-state index contributed by atoms with van der Waals surface area (Å²) in [5, 5.41) is 8.69. The standard InChI is InChI=1S/C26H24N4O5/c1-33-15-4-2-14(3-5-15)13-28-26(32)30-23-22-18-12-16(6-8-19(18)35-24(22)23)34-20-10-11-27-25-17(20)7-9-21(31)29-25/h2-6,8,10-12,22-24H,7,9,13H2,1H3,(H,27,29,31)(H2,28,30,32)/t22-,23+,24-/m0/s1. The average Bonchev–Trinajstić information content (AvgIpc) is 3.39. The van der Waals surface area contributed by atoms with Crippen molar-refractivity contribution in [3.63, 3.8) is 0 Å². The van der Waals surface area contributed by atoms with Crippen LogP contribution in [0.25, 0.3) is 0 Å². The SMILES string of the molecule is COc1ccc(CNC(=O)N[C@H]2[C@H]3Oc4ccc(Oc5ccnc6c5CCC(=O)N6)cc4[C@@H]23)cc1. The lowest BCUT2D eigenvalue weighted by atomic mass is 10.1.